The lowest BCUT2D eigenvalue weighted by atomic mass is 9.90. The van der Waals surface area contributed by atoms with Crippen molar-refractivity contribution in [1.82, 2.24) is 10.2 Å². The number of amides is 1. The molecule has 0 radical (unpaired) electrons. The van der Waals surface area contributed by atoms with Gasteiger partial charge in [-0.1, -0.05) is 42.5 Å². The summed E-state index contributed by atoms with van der Waals surface area (Å²) in [6, 6.07) is 14.0. The SMILES string of the molecule is COC(=O)c1ccc([C@H]2NCCC[C@H]2N(Cc2ccccc2)C(=O)C(F)(F)F)cc1. The molecular formula is C22H23F3N2O3. The first-order chi connectivity index (χ1) is 14.3. The van der Waals surface area contributed by atoms with Crippen molar-refractivity contribution in [1.29, 1.82) is 0 Å². The predicted octanol–water partition coefficient (Wildman–Crippen LogP) is 3.86. The van der Waals surface area contributed by atoms with Crippen molar-refractivity contribution in [3.8, 4) is 0 Å². The average Bonchev–Trinajstić information content (AvgIpc) is 2.76. The van der Waals surface area contributed by atoms with Gasteiger partial charge in [0.05, 0.1) is 24.8 Å². The topological polar surface area (TPSA) is 58.6 Å². The van der Waals surface area contributed by atoms with Crippen molar-refractivity contribution >= 4 is 11.9 Å². The number of esters is 1. The molecule has 1 aliphatic heterocycles. The number of halogens is 3. The van der Waals surface area contributed by atoms with Crippen LogP contribution in [0.4, 0.5) is 13.2 Å². The third-order valence-electron chi connectivity index (χ3n) is 5.22. The molecule has 8 heteroatoms. The molecule has 3 rings (SSSR count). The summed E-state index contributed by atoms with van der Waals surface area (Å²) in [5.74, 6) is -2.34. The Bertz CT molecular complexity index is 869. The Kier molecular flexibility index (Phi) is 6.77. The van der Waals surface area contributed by atoms with Gasteiger partial charge in [-0.3, -0.25) is 4.79 Å². The van der Waals surface area contributed by atoms with Gasteiger partial charge in [0.15, 0.2) is 0 Å². The zero-order chi connectivity index (χ0) is 21.7. The van der Waals surface area contributed by atoms with Gasteiger partial charge in [0.2, 0.25) is 0 Å². The molecule has 5 nitrogen and oxygen atoms in total. The van der Waals surface area contributed by atoms with Crippen molar-refractivity contribution in [3.05, 3.63) is 71.3 Å². The highest BCUT2D eigenvalue weighted by molar-refractivity contribution is 5.89. The molecule has 0 saturated carbocycles. The second-order valence-electron chi connectivity index (χ2n) is 7.17. The second-order valence-corrected chi connectivity index (χ2v) is 7.17. The van der Waals surface area contributed by atoms with E-state index in [1.807, 2.05) is 0 Å². The summed E-state index contributed by atoms with van der Waals surface area (Å²) >= 11 is 0. The van der Waals surface area contributed by atoms with Crippen LogP contribution >= 0.6 is 0 Å². The van der Waals surface area contributed by atoms with Crippen LogP contribution in [0, 0.1) is 0 Å². The minimum absolute atomic E-state index is 0.137. The fourth-order valence-corrected chi connectivity index (χ4v) is 3.77. The van der Waals surface area contributed by atoms with E-state index in [-0.39, 0.29) is 6.54 Å². The summed E-state index contributed by atoms with van der Waals surface area (Å²) in [5.41, 5.74) is 1.68. The Morgan fingerprint density at radius 2 is 1.77 bits per heavy atom. The molecule has 0 bridgehead atoms. The van der Waals surface area contributed by atoms with Gasteiger partial charge in [-0.05, 0) is 42.6 Å². The lowest BCUT2D eigenvalue weighted by molar-refractivity contribution is -0.189. The first-order valence-corrected chi connectivity index (χ1v) is 9.64. The second kappa shape index (κ2) is 9.30. The number of ether oxygens (including phenoxy) is 1. The molecule has 1 heterocycles. The lowest BCUT2D eigenvalue weighted by Gasteiger charge is -2.41. The Hall–Kier alpha value is -2.87. The number of piperidine rings is 1. The monoisotopic (exact) mass is 420 g/mol. The van der Waals surface area contributed by atoms with Gasteiger partial charge in [0, 0.05) is 6.54 Å². The molecule has 1 fully saturated rings. The van der Waals surface area contributed by atoms with Gasteiger partial charge < -0.3 is 15.0 Å². The van der Waals surface area contributed by atoms with Crippen LogP contribution < -0.4 is 5.32 Å². The highest BCUT2D eigenvalue weighted by Crippen LogP contribution is 2.32. The summed E-state index contributed by atoms with van der Waals surface area (Å²) in [4.78, 5) is 24.9. The van der Waals surface area contributed by atoms with E-state index in [9.17, 15) is 22.8 Å². The summed E-state index contributed by atoms with van der Waals surface area (Å²) in [6.07, 6.45) is -3.88. The molecule has 0 unspecified atom stereocenters. The van der Waals surface area contributed by atoms with Crippen LogP contribution in [0.3, 0.4) is 0 Å². The van der Waals surface area contributed by atoms with E-state index in [0.717, 1.165) is 4.90 Å². The van der Waals surface area contributed by atoms with Gasteiger partial charge in [-0.15, -0.1) is 0 Å². The summed E-state index contributed by atoms with van der Waals surface area (Å²) in [5, 5.41) is 3.24. The number of methoxy groups -OCH3 is 1. The maximum Gasteiger partial charge on any atom is 0.471 e. The normalized spacial score (nSPS) is 19.2. The molecule has 1 amide bonds. The first kappa shape index (κ1) is 21.8. The minimum atomic E-state index is -4.97. The molecule has 2 aromatic carbocycles. The van der Waals surface area contributed by atoms with Gasteiger partial charge in [0.25, 0.3) is 0 Å². The highest BCUT2D eigenvalue weighted by atomic mass is 19.4. The smallest absolute Gasteiger partial charge is 0.465 e. The fraction of sp³-hybridized carbons (Fsp3) is 0.364. The van der Waals surface area contributed by atoms with E-state index < -0.39 is 30.1 Å². The third-order valence-corrected chi connectivity index (χ3v) is 5.22. The van der Waals surface area contributed by atoms with E-state index in [1.54, 1.807) is 54.6 Å². The number of hydrogen-bond donors (Lipinski definition) is 1. The third kappa shape index (κ3) is 4.99. The molecule has 30 heavy (non-hydrogen) atoms. The van der Waals surface area contributed by atoms with E-state index in [1.165, 1.54) is 7.11 Å². The number of nitrogens with one attached hydrogen (secondary N) is 1. The van der Waals surface area contributed by atoms with Crippen LogP contribution in [-0.4, -0.2) is 42.6 Å². The lowest BCUT2D eigenvalue weighted by Crippen LogP contribution is -2.53. The van der Waals surface area contributed by atoms with Gasteiger partial charge >= 0.3 is 18.1 Å². The Balaban J connectivity index is 1.93. The van der Waals surface area contributed by atoms with Crippen LogP contribution in [0.2, 0.25) is 0 Å². The van der Waals surface area contributed by atoms with Crippen LogP contribution in [0.1, 0.15) is 40.4 Å². The molecule has 0 spiro atoms. The maximum atomic E-state index is 13.4. The fourth-order valence-electron chi connectivity index (χ4n) is 3.77. The number of rotatable bonds is 5. The highest BCUT2D eigenvalue weighted by Gasteiger charge is 2.46. The van der Waals surface area contributed by atoms with Crippen LogP contribution in [0.25, 0.3) is 0 Å². The summed E-state index contributed by atoms with van der Waals surface area (Å²) in [6.45, 7) is 0.488. The van der Waals surface area contributed by atoms with Crippen molar-refractivity contribution < 1.29 is 27.5 Å². The van der Waals surface area contributed by atoms with E-state index in [0.29, 0.717) is 36.1 Å². The standard InChI is InChI=1S/C22H23F3N2O3/c1-30-20(28)17-11-9-16(10-12-17)19-18(8-5-13-26-19)27(21(29)22(23,24)25)14-15-6-3-2-4-7-15/h2-4,6-7,9-12,18-19,26H,5,8,13-14H2,1H3/t18-,19-/m1/s1. The zero-order valence-corrected chi connectivity index (χ0v) is 16.5. The molecule has 160 valence electrons. The molecule has 0 aromatic heterocycles. The van der Waals surface area contributed by atoms with Gasteiger partial charge in [-0.25, -0.2) is 4.79 Å². The number of nitrogens with zero attached hydrogens (tertiary/aromatic N) is 1. The summed E-state index contributed by atoms with van der Waals surface area (Å²) < 4.78 is 44.9. The molecule has 1 N–H and O–H groups in total. The van der Waals surface area contributed by atoms with Gasteiger partial charge in [-0.2, -0.15) is 13.2 Å². The molecule has 0 aliphatic carbocycles. The largest absolute Gasteiger partial charge is 0.471 e. The van der Waals surface area contributed by atoms with Crippen molar-refractivity contribution in [2.75, 3.05) is 13.7 Å². The van der Waals surface area contributed by atoms with E-state index in [2.05, 4.69) is 10.1 Å². The Morgan fingerprint density at radius 1 is 1.10 bits per heavy atom. The van der Waals surface area contributed by atoms with E-state index in [4.69, 9.17) is 0 Å². The molecule has 2 atom stereocenters. The molecule has 1 aliphatic rings. The number of carbonyl (C=O) groups excluding carboxylic acids is 2. The minimum Gasteiger partial charge on any atom is -0.465 e. The molecular weight excluding hydrogens is 397 g/mol. The van der Waals surface area contributed by atoms with Crippen molar-refractivity contribution in [2.24, 2.45) is 0 Å². The zero-order valence-electron chi connectivity index (χ0n) is 16.5. The van der Waals surface area contributed by atoms with Crippen molar-refractivity contribution in [3.63, 3.8) is 0 Å². The predicted molar refractivity (Wildman–Crippen MR) is 105 cm³/mol. The van der Waals surface area contributed by atoms with Crippen LogP contribution in [0.5, 0.6) is 0 Å². The van der Waals surface area contributed by atoms with Gasteiger partial charge in [0.1, 0.15) is 0 Å². The number of alkyl halides is 3. The number of benzene rings is 2. The Labute approximate surface area is 172 Å². The average molecular weight is 420 g/mol. The number of hydrogen-bond acceptors (Lipinski definition) is 4. The summed E-state index contributed by atoms with van der Waals surface area (Å²) in [7, 11) is 1.28. The van der Waals surface area contributed by atoms with Crippen LogP contribution in [0.15, 0.2) is 54.6 Å². The number of carbonyl (C=O) groups is 2. The molecule has 2 aromatic rings. The molecule has 1 saturated heterocycles. The maximum absolute atomic E-state index is 13.4. The first-order valence-electron chi connectivity index (χ1n) is 9.64. The van der Waals surface area contributed by atoms with Crippen LogP contribution in [-0.2, 0) is 16.1 Å². The quantitative estimate of drug-likeness (QED) is 0.747. The van der Waals surface area contributed by atoms with E-state index >= 15 is 0 Å². The Morgan fingerprint density at radius 3 is 2.37 bits per heavy atom. The van der Waals surface area contributed by atoms with Crippen molar-refractivity contribution in [2.45, 2.75) is 37.6 Å².